The van der Waals surface area contributed by atoms with Crippen LogP contribution in [-0.4, -0.2) is 50.1 Å². The highest BCUT2D eigenvalue weighted by Crippen LogP contribution is 2.23. The van der Waals surface area contributed by atoms with E-state index in [0.29, 0.717) is 11.8 Å². The minimum Gasteiger partial charge on any atom is -0.360 e. The molecule has 1 unspecified atom stereocenters. The van der Waals surface area contributed by atoms with Crippen molar-refractivity contribution in [3.05, 3.63) is 17.5 Å². The molecule has 3 rings (SSSR count). The van der Waals surface area contributed by atoms with Crippen LogP contribution >= 0.6 is 11.3 Å². The van der Waals surface area contributed by atoms with E-state index >= 15 is 0 Å². The second-order valence-electron chi connectivity index (χ2n) is 5.72. The third kappa shape index (κ3) is 3.33. The number of nitrogens with zero attached hydrogens (tertiary/aromatic N) is 2. The number of rotatable bonds is 4. The van der Waals surface area contributed by atoms with Gasteiger partial charge in [-0.3, -0.25) is 4.79 Å². The molecule has 2 aliphatic heterocycles. The average molecular weight is 293 g/mol. The van der Waals surface area contributed by atoms with Gasteiger partial charge in [0.1, 0.15) is 0 Å². The third-order valence-electron chi connectivity index (χ3n) is 4.38. The van der Waals surface area contributed by atoms with Gasteiger partial charge in [0, 0.05) is 32.6 Å². The predicted octanol–water partition coefficient (Wildman–Crippen LogP) is 1.79. The van der Waals surface area contributed by atoms with E-state index in [1.165, 1.54) is 11.4 Å². The molecule has 5 heteroatoms. The molecule has 0 bridgehead atoms. The Morgan fingerprint density at radius 3 is 2.85 bits per heavy atom. The second-order valence-corrected chi connectivity index (χ2v) is 6.64. The highest BCUT2D eigenvalue weighted by atomic mass is 32.1. The first-order valence-corrected chi connectivity index (χ1v) is 8.48. The quantitative estimate of drug-likeness (QED) is 0.919. The number of piperazine rings is 1. The Balaban J connectivity index is 1.42. The minimum absolute atomic E-state index is 0.350. The van der Waals surface area contributed by atoms with Crippen molar-refractivity contribution in [2.24, 2.45) is 5.92 Å². The Bertz CT molecular complexity index is 420. The van der Waals surface area contributed by atoms with E-state index in [9.17, 15) is 4.79 Å². The van der Waals surface area contributed by atoms with Crippen LogP contribution in [0.15, 0.2) is 17.5 Å². The van der Waals surface area contributed by atoms with E-state index in [4.69, 9.17) is 0 Å². The number of thiophene rings is 1. The van der Waals surface area contributed by atoms with Crippen LogP contribution in [0, 0.1) is 5.92 Å². The number of carbonyl (C=O) groups is 1. The van der Waals surface area contributed by atoms with E-state index < -0.39 is 0 Å². The third-order valence-corrected chi connectivity index (χ3v) is 5.31. The van der Waals surface area contributed by atoms with E-state index in [1.54, 1.807) is 11.3 Å². The van der Waals surface area contributed by atoms with Crippen molar-refractivity contribution < 1.29 is 4.79 Å². The van der Waals surface area contributed by atoms with Gasteiger partial charge >= 0.3 is 0 Å². The fraction of sp³-hybridized carbons (Fsp3) is 0.667. The highest BCUT2D eigenvalue weighted by molar-refractivity contribution is 7.14. The van der Waals surface area contributed by atoms with Gasteiger partial charge in [0.2, 0.25) is 5.91 Å². The first-order chi connectivity index (χ1) is 9.83. The molecule has 1 amide bonds. The molecule has 4 nitrogen and oxygen atoms in total. The molecular formula is C15H23N3OS. The van der Waals surface area contributed by atoms with Gasteiger partial charge in [0.05, 0.1) is 5.00 Å². The first-order valence-electron chi connectivity index (χ1n) is 7.60. The maximum absolute atomic E-state index is 12.2. The lowest BCUT2D eigenvalue weighted by Gasteiger charge is -2.35. The molecule has 0 spiro atoms. The summed E-state index contributed by atoms with van der Waals surface area (Å²) in [6.45, 7) is 5.91. The summed E-state index contributed by atoms with van der Waals surface area (Å²) < 4.78 is 0. The fourth-order valence-electron chi connectivity index (χ4n) is 3.07. The smallest absolute Gasteiger partial charge is 0.222 e. The van der Waals surface area contributed by atoms with Crippen LogP contribution in [0.4, 0.5) is 5.00 Å². The predicted molar refractivity (Wildman–Crippen MR) is 83.3 cm³/mol. The van der Waals surface area contributed by atoms with Gasteiger partial charge in [-0.1, -0.05) is 0 Å². The van der Waals surface area contributed by atoms with E-state index in [1.807, 2.05) is 4.90 Å². The molecule has 1 N–H and O–H groups in total. The second kappa shape index (κ2) is 6.59. The number of amides is 1. The molecule has 2 aliphatic rings. The molecule has 3 heterocycles. The molecule has 1 aromatic rings. The monoisotopic (exact) mass is 293 g/mol. The summed E-state index contributed by atoms with van der Waals surface area (Å²) in [5.74, 6) is 1.06. The standard InChI is InChI=1S/C15H23N3OS/c19-14(4-3-13-5-6-16-12-13)17-7-9-18(10-8-17)15-2-1-11-20-15/h1-2,11,13,16H,3-10,12H2. The summed E-state index contributed by atoms with van der Waals surface area (Å²) in [6.07, 6.45) is 3.02. The zero-order chi connectivity index (χ0) is 13.8. The van der Waals surface area contributed by atoms with Crippen LogP contribution in [0.1, 0.15) is 19.3 Å². The molecule has 0 aromatic carbocycles. The first kappa shape index (κ1) is 13.9. The Kier molecular flexibility index (Phi) is 4.58. The Morgan fingerprint density at radius 2 is 2.20 bits per heavy atom. The van der Waals surface area contributed by atoms with Crippen molar-refractivity contribution in [1.82, 2.24) is 10.2 Å². The van der Waals surface area contributed by atoms with Gasteiger partial charge in [-0.15, -0.1) is 11.3 Å². The van der Waals surface area contributed by atoms with Crippen molar-refractivity contribution in [2.45, 2.75) is 19.3 Å². The SMILES string of the molecule is O=C(CCC1CCNC1)N1CCN(c2cccs2)CC1. The maximum Gasteiger partial charge on any atom is 0.222 e. The molecule has 0 aliphatic carbocycles. The van der Waals surface area contributed by atoms with Crippen molar-refractivity contribution in [3.8, 4) is 0 Å². The van der Waals surface area contributed by atoms with E-state index in [2.05, 4.69) is 27.7 Å². The fourth-order valence-corrected chi connectivity index (χ4v) is 3.86. The number of hydrogen-bond acceptors (Lipinski definition) is 4. The zero-order valence-electron chi connectivity index (χ0n) is 11.9. The van der Waals surface area contributed by atoms with E-state index in [-0.39, 0.29) is 0 Å². The summed E-state index contributed by atoms with van der Waals surface area (Å²) in [5.41, 5.74) is 0. The average Bonchev–Trinajstić information content (AvgIpc) is 3.18. The minimum atomic E-state index is 0.350. The van der Waals surface area contributed by atoms with E-state index in [0.717, 1.165) is 52.1 Å². The molecule has 1 aromatic heterocycles. The van der Waals surface area contributed by atoms with Crippen molar-refractivity contribution in [1.29, 1.82) is 0 Å². The largest absolute Gasteiger partial charge is 0.360 e. The summed E-state index contributed by atoms with van der Waals surface area (Å²) in [5, 5.41) is 6.81. The molecule has 1 atom stereocenters. The number of nitrogens with one attached hydrogen (secondary N) is 1. The van der Waals surface area contributed by atoms with Crippen molar-refractivity contribution in [2.75, 3.05) is 44.2 Å². The Labute approximate surface area is 124 Å². The number of carbonyl (C=O) groups excluding carboxylic acids is 1. The zero-order valence-corrected chi connectivity index (χ0v) is 12.7. The lowest BCUT2D eigenvalue weighted by atomic mass is 10.0. The van der Waals surface area contributed by atoms with Crippen LogP contribution in [-0.2, 0) is 4.79 Å². The van der Waals surface area contributed by atoms with Gasteiger partial charge in [-0.25, -0.2) is 0 Å². The van der Waals surface area contributed by atoms with Crippen LogP contribution in [0.2, 0.25) is 0 Å². The molecular weight excluding hydrogens is 270 g/mol. The molecule has 0 radical (unpaired) electrons. The summed E-state index contributed by atoms with van der Waals surface area (Å²) in [6, 6.07) is 4.25. The van der Waals surface area contributed by atoms with Crippen molar-refractivity contribution in [3.63, 3.8) is 0 Å². The molecule has 20 heavy (non-hydrogen) atoms. The van der Waals surface area contributed by atoms with Crippen LogP contribution in [0.5, 0.6) is 0 Å². The van der Waals surface area contributed by atoms with Gasteiger partial charge in [0.25, 0.3) is 0 Å². The van der Waals surface area contributed by atoms with Crippen LogP contribution in [0.25, 0.3) is 0 Å². The molecule has 110 valence electrons. The van der Waals surface area contributed by atoms with Crippen LogP contribution in [0.3, 0.4) is 0 Å². The molecule has 2 saturated heterocycles. The van der Waals surface area contributed by atoms with Gasteiger partial charge in [-0.05, 0) is 49.4 Å². The van der Waals surface area contributed by atoms with Gasteiger partial charge < -0.3 is 15.1 Å². The summed E-state index contributed by atoms with van der Waals surface area (Å²) >= 11 is 1.78. The highest BCUT2D eigenvalue weighted by Gasteiger charge is 2.23. The summed E-state index contributed by atoms with van der Waals surface area (Å²) in [4.78, 5) is 16.7. The van der Waals surface area contributed by atoms with Gasteiger partial charge in [-0.2, -0.15) is 0 Å². The molecule has 2 fully saturated rings. The topological polar surface area (TPSA) is 35.6 Å². The van der Waals surface area contributed by atoms with Crippen molar-refractivity contribution >= 4 is 22.2 Å². The number of hydrogen-bond donors (Lipinski definition) is 1. The lowest BCUT2D eigenvalue weighted by Crippen LogP contribution is -2.48. The maximum atomic E-state index is 12.2. The van der Waals surface area contributed by atoms with Gasteiger partial charge in [0.15, 0.2) is 0 Å². The lowest BCUT2D eigenvalue weighted by molar-refractivity contribution is -0.131. The normalized spacial score (nSPS) is 23.3. The summed E-state index contributed by atoms with van der Waals surface area (Å²) in [7, 11) is 0. The van der Waals surface area contributed by atoms with Crippen LogP contribution < -0.4 is 10.2 Å². The molecule has 0 saturated carbocycles. The Morgan fingerprint density at radius 1 is 1.35 bits per heavy atom. The Hall–Kier alpha value is -1.07. The number of anilines is 1.